The topological polar surface area (TPSA) is 64.4 Å². The molecule has 1 aromatic heterocycles. The Kier molecular flexibility index (Phi) is 3.66. The van der Waals surface area contributed by atoms with Crippen LogP contribution >= 0.6 is 0 Å². The third kappa shape index (κ3) is 2.65. The molecule has 0 fully saturated rings. The number of carbonyl (C=O) groups is 1. The summed E-state index contributed by atoms with van der Waals surface area (Å²) in [6.07, 6.45) is 4.24. The molecule has 19 heavy (non-hydrogen) atoms. The summed E-state index contributed by atoms with van der Waals surface area (Å²) in [4.78, 5) is 10.5. The fraction of sp³-hybridized carbons (Fsp3) is 0.143. The Bertz CT molecular complexity index is 629. The molecule has 0 bridgehead atoms. The number of hydrogen-bond acceptors (Lipinski definition) is 3. The molecule has 0 saturated carbocycles. The van der Waals surface area contributed by atoms with Crippen molar-refractivity contribution in [1.82, 2.24) is 9.78 Å². The van der Waals surface area contributed by atoms with Gasteiger partial charge >= 0.3 is 5.97 Å². The van der Waals surface area contributed by atoms with Crippen molar-refractivity contribution in [2.75, 3.05) is 7.11 Å². The lowest BCUT2D eigenvalue weighted by atomic mass is 10.2. The van der Waals surface area contributed by atoms with Gasteiger partial charge in [0, 0.05) is 17.3 Å². The number of carboxylic acid groups (broad SMARTS) is 1. The van der Waals surface area contributed by atoms with Crippen LogP contribution in [0.25, 0.3) is 11.8 Å². The van der Waals surface area contributed by atoms with Crippen molar-refractivity contribution in [1.29, 1.82) is 0 Å². The van der Waals surface area contributed by atoms with E-state index in [-0.39, 0.29) is 0 Å². The Balaban J connectivity index is 2.44. The van der Waals surface area contributed by atoms with Gasteiger partial charge in [-0.25, -0.2) is 9.48 Å². The van der Waals surface area contributed by atoms with Gasteiger partial charge in [-0.1, -0.05) is 12.1 Å². The van der Waals surface area contributed by atoms with E-state index >= 15 is 0 Å². The van der Waals surface area contributed by atoms with Gasteiger partial charge in [-0.3, -0.25) is 0 Å². The van der Waals surface area contributed by atoms with E-state index in [2.05, 4.69) is 5.10 Å². The molecule has 1 N–H and O–H groups in total. The van der Waals surface area contributed by atoms with Crippen molar-refractivity contribution >= 4 is 12.0 Å². The third-order valence-electron chi connectivity index (χ3n) is 2.77. The number of carboxylic acids is 1. The number of benzene rings is 1. The molecule has 2 rings (SSSR count). The maximum Gasteiger partial charge on any atom is 0.328 e. The maximum absolute atomic E-state index is 10.5. The summed E-state index contributed by atoms with van der Waals surface area (Å²) < 4.78 is 7.01. The molecule has 0 spiro atoms. The van der Waals surface area contributed by atoms with Gasteiger partial charge in [-0.2, -0.15) is 5.10 Å². The van der Waals surface area contributed by atoms with E-state index in [4.69, 9.17) is 9.84 Å². The zero-order valence-electron chi connectivity index (χ0n) is 10.7. The molecule has 0 amide bonds. The number of para-hydroxylation sites is 2. The number of aromatic nitrogens is 2. The standard InChI is InChI=1S/C14H14N2O3/c1-10-11(7-8-14(17)18)9-15-16(10)12-5-3-4-6-13(12)19-2/h3-9H,1-2H3,(H,17,18)/b8-7+. The first kappa shape index (κ1) is 12.9. The van der Waals surface area contributed by atoms with Crippen LogP contribution in [0.2, 0.25) is 0 Å². The normalized spacial score (nSPS) is 10.8. The predicted molar refractivity (Wildman–Crippen MR) is 71.5 cm³/mol. The van der Waals surface area contributed by atoms with E-state index in [0.29, 0.717) is 5.75 Å². The van der Waals surface area contributed by atoms with E-state index in [1.807, 2.05) is 31.2 Å². The van der Waals surface area contributed by atoms with Crippen LogP contribution in [0.3, 0.4) is 0 Å². The van der Waals surface area contributed by atoms with E-state index in [0.717, 1.165) is 23.0 Å². The van der Waals surface area contributed by atoms with Crippen LogP contribution < -0.4 is 4.74 Å². The van der Waals surface area contributed by atoms with Gasteiger partial charge in [0.1, 0.15) is 11.4 Å². The van der Waals surface area contributed by atoms with Gasteiger partial charge in [0.05, 0.1) is 13.3 Å². The molecule has 1 heterocycles. The van der Waals surface area contributed by atoms with Crippen LogP contribution in [0.4, 0.5) is 0 Å². The van der Waals surface area contributed by atoms with E-state index in [1.54, 1.807) is 18.0 Å². The molecular formula is C14H14N2O3. The number of ether oxygens (including phenoxy) is 1. The SMILES string of the molecule is COc1ccccc1-n1ncc(/C=C/C(=O)O)c1C. The van der Waals surface area contributed by atoms with E-state index < -0.39 is 5.97 Å². The van der Waals surface area contributed by atoms with Crippen LogP contribution in [0, 0.1) is 6.92 Å². The largest absolute Gasteiger partial charge is 0.494 e. The summed E-state index contributed by atoms with van der Waals surface area (Å²) in [5.74, 6) is -0.271. The first-order valence-corrected chi connectivity index (χ1v) is 5.72. The second kappa shape index (κ2) is 5.39. The average Bonchev–Trinajstić information content (AvgIpc) is 2.77. The van der Waals surface area contributed by atoms with Crippen molar-refractivity contribution in [2.24, 2.45) is 0 Å². The number of hydrogen-bond donors (Lipinski definition) is 1. The second-order valence-electron chi connectivity index (χ2n) is 3.94. The summed E-state index contributed by atoms with van der Waals surface area (Å²) >= 11 is 0. The summed E-state index contributed by atoms with van der Waals surface area (Å²) in [6, 6.07) is 7.52. The first-order valence-electron chi connectivity index (χ1n) is 5.72. The van der Waals surface area contributed by atoms with Crippen LogP contribution in [-0.4, -0.2) is 28.0 Å². The van der Waals surface area contributed by atoms with Gasteiger partial charge in [0.2, 0.25) is 0 Å². The van der Waals surface area contributed by atoms with Crippen molar-refractivity contribution in [2.45, 2.75) is 6.92 Å². The monoisotopic (exact) mass is 258 g/mol. The van der Waals surface area contributed by atoms with Crippen molar-refractivity contribution in [3.05, 3.63) is 47.8 Å². The molecule has 0 aliphatic carbocycles. The highest BCUT2D eigenvalue weighted by Gasteiger charge is 2.10. The Morgan fingerprint density at radius 3 is 2.84 bits per heavy atom. The maximum atomic E-state index is 10.5. The lowest BCUT2D eigenvalue weighted by Gasteiger charge is -2.09. The molecule has 98 valence electrons. The molecule has 2 aromatic rings. The number of aliphatic carboxylic acids is 1. The minimum atomic E-state index is -0.982. The van der Waals surface area contributed by atoms with Gasteiger partial charge < -0.3 is 9.84 Å². The molecule has 1 aromatic carbocycles. The van der Waals surface area contributed by atoms with Gasteiger partial charge in [-0.15, -0.1) is 0 Å². The fourth-order valence-electron chi connectivity index (χ4n) is 1.79. The Labute approximate surface area is 110 Å². The highest BCUT2D eigenvalue weighted by molar-refractivity contribution is 5.85. The average molecular weight is 258 g/mol. The van der Waals surface area contributed by atoms with Crippen LogP contribution in [0.5, 0.6) is 5.75 Å². The van der Waals surface area contributed by atoms with Crippen LogP contribution in [0.15, 0.2) is 36.5 Å². The second-order valence-corrected chi connectivity index (χ2v) is 3.94. The van der Waals surface area contributed by atoms with Gasteiger partial charge in [0.15, 0.2) is 0 Å². The van der Waals surface area contributed by atoms with Crippen molar-refractivity contribution < 1.29 is 14.6 Å². The fourth-order valence-corrected chi connectivity index (χ4v) is 1.79. The summed E-state index contributed by atoms with van der Waals surface area (Å²) in [5.41, 5.74) is 2.42. The van der Waals surface area contributed by atoms with Crippen LogP contribution in [0.1, 0.15) is 11.3 Å². The molecule has 0 saturated heterocycles. The first-order chi connectivity index (χ1) is 9.13. The Hall–Kier alpha value is -2.56. The molecule has 5 heteroatoms. The predicted octanol–water partition coefficient (Wildman–Crippen LogP) is 2.29. The zero-order chi connectivity index (χ0) is 13.8. The molecular weight excluding hydrogens is 244 g/mol. The van der Waals surface area contributed by atoms with Crippen molar-refractivity contribution in [3.8, 4) is 11.4 Å². The van der Waals surface area contributed by atoms with E-state index in [1.165, 1.54) is 6.08 Å². The molecule has 5 nitrogen and oxygen atoms in total. The smallest absolute Gasteiger partial charge is 0.328 e. The molecule has 0 radical (unpaired) electrons. The summed E-state index contributed by atoms with van der Waals surface area (Å²) in [6.45, 7) is 1.88. The van der Waals surface area contributed by atoms with Gasteiger partial charge in [-0.05, 0) is 25.1 Å². The number of rotatable bonds is 4. The zero-order valence-corrected chi connectivity index (χ0v) is 10.7. The molecule has 0 aliphatic heterocycles. The Morgan fingerprint density at radius 1 is 1.42 bits per heavy atom. The van der Waals surface area contributed by atoms with Crippen LogP contribution in [-0.2, 0) is 4.79 Å². The van der Waals surface area contributed by atoms with Gasteiger partial charge in [0.25, 0.3) is 0 Å². The highest BCUT2D eigenvalue weighted by atomic mass is 16.5. The molecule has 0 atom stereocenters. The summed E-state index contributed by atoms with van der Waals surface area (Å²) in [7, 11) is 1.60. The number of methoxy groups -OCH3 is 1. The van der Waals surface area contributed by atoms with Crippen molar-refractivity contribution in [3.63, 3.8) is 0 Å². The minimum Gasteiger partial charge on any atom is -0.494 e. The lowest BCUT2D eigenvalue weighted by molar-refractivity contribution is -0.131. The third-order valence-corrected chi connectivity index (χ3v) is 2.77. The van der Waals surface area contributed by atoms with E-state index in [9.17, 15) is 4.79 Å². The highest BCUT2D eigenvalue weighted by Crippen LogP contribution is 2.24. The molecule has 0 unspecified atom stereocenters. The molecule has 0 aliphatic rings. The summed E-state index contributed by atoms with van der Waals surface area (Å²) in [5, 5.41) is 12.9. The Morgan fingerprint density at radius 2 is 2.16 bits per heavy atom. The lowest BCUT2D eigenvalue weighted by Crippen LogP contribution is -2.01. The minimum absolute atomic E-state index is 0.711. The number of nitrogens with zero attached hydrogens (tertiary/aromatic N) is 2. The quantitative estimate of drug-likeness (QED) is 0.854.